The third-order valence-electron chi connectivity index (χ3n) is 4.36. The molecule has 26 heavy (non-hydrogen) atoms. The number of hydrogen-bond acceptors (Lipinski definition) is 3. The molecular formula is C19H18FN3O2S. The van der Waals surface area contributed by atoms with Gasteiger partial charge in [-0.25, -0.2) is 4.39 Å². The highest BCUT2D eigenvalue weighted by Crippen LogP contribution is 2.31. The Bertz CT molecular complexity index is 898. The minimum absolute atomic E-state index is 0.0595. The van der Waals surface area contributed by atoms with E-state index in [4.69, 9.17) is 12.2 Å². The number of anilines is 2. The minimum Gasteiger partial charge on any atom is -0.355 e. The van der Waals surface area contributed by atoms with Crippen molar-refractivity contribution in [2.45, 2.75) is 19.9 Å². The fraction of sp³-hybridized carbons (Fsp3) is 0.211. The molecule has 1 N–H and O–H groups in total. The molecule has 3 rings (SSSR count). The van der Waals surface area contributed by atoms with E-state index in [1.54, 1.807) is 17.9 Å². The molecule has 0 bridgehead atoms. The lowest BCUT2D eigenvalue weighted by atomic mass is 10.1. The van der Waals surface area contributed by atoms with Gasteiger partial charge in [-0.05, 0) is 56.4 Å². The van der Waals surface area contributed by atoms with Gasteiger partial charge in [-0.1, -0.05) is 17.7 Å². The topological polar surface area (TPSA) is 52.7 Å². The van der Waals surface area contributed by atoms with Crippen molar-refractivity contribution < 1.29 is 14.0 Å². The first-order valence-corrected chi connectivity index (χ1v) is 8.51. The Balaban J connectivity index is 1.97. The van der Waals surface area contributed by atoms with Gasteiger partial charge in [-0.15, -0.1) is 0 Å². The highest BCUT2D eigenvalue weighted by atomic mass is 32.1. The number of nitrogens with zero attached hydrogens (tertiary/aromatic N) is 2. The maximum Gasteiger partial charge on any atom is 0.256 e. The minimum atomic E-state index is -0.668. The smallest absolute Gasteiger partial charge is 0.256 e. The molecular weight excluding hydrogens is 353 g/mol. The van der Waals surface area contributed by atoms with Gasteiger partial charge in [0.15, 0.2) is 5.11 Å². The Labute approximate surface area is 156 Å². The van der Waals surface area contributed by atoms with Crippen molar-refractivity contribution in [1.82, 2.24) is 5.32 Å². The molecule has 2 aromatic carbocycles. The van der Waals surface area contributed by atoms with E-state index in [2.05, 4.69) is 5.32 Å². The molecule has 1 saturated heterocycles. The van der Waals surface area contributed by atoms with Gasteiger partial charge in [-0.2, -0.15) is 0 Å². The van der Waals surface area contributed by atoms with Gasteiger partial charge >= 0.3 is 0 Å². The molecule has 1 fully saturated rings. The summed E-state index contributed by atoms with van der Waals surface area (Å²) in [5, 5.41) is 2.66. The molecule has 7 heteroatoms. The zero-order chi connectivity index (χ0) is 19.0. The van der Waals surface area contributed by atoms with Crippen LogP contribution in [0.4, 0.5) is 15.8 Å². The number of hydrogen-bond donors (Lipinski definition) is 1. The lowest BCUT2D eigenvalue weighted by molar-refractivity contribution is -0.117. The molecule has 1 heterocycles. The standard InChI is InChI=1S/C19H18FN3O2S/c1-11-4-6-13(7-5-11)23-18(25)12(2)22(19(23)26)14-8-9-15(16(20)10-14)17(24)21-3/h4-10,12H,1-3H3,(H,21,24). The highest BCUT2D eigenvalue weighted by molar-refractivity contribution is 7.81. The second-order valence-electron chi connectivity index (χ2n) is 6.08. The van der Waals surface area contributed by atoms with Crippen LogP contribution < -0.4 is 15.1 Å². The van der Waals surface area contributed by atoms with Crippen LogP contribution in [0, 0.1) is 12.7 Å². The number of halogens is 1. The predicted octanol–water partition coefficient (Wildman–Crippen LogP) is 3.02. The molecule has 0 spiro atoms. The van der Waals surface area contributed by atoms with Crippen LogP contribution in [0.15, 0.2) is 42.5 Å². The van der Waals surface area contributed by atoms with Crippen molar-refractivity contribution in [3.05, 3.63) is 59.4 Å². The number of benzene rings is 2. The summed E-state index contributed by atoms with van der Waals surface area (Å²) in [6.07, 6.45) is 0. The predicted molar refractivity (Wildman–Crippen MR) is 103 cm³/mol. The molecule has 0 aromatic heterocycles. The average Bonchev–Trinajstić information content (AvgIpc) is 2.84. The van der Waals surface area contributed by atoms with E-state index < -0.39 is 17.8 Å². The Hall–Kier alpha value is -2.80. The molecule has 2 amide bonds. The molecule has 1 unspecified atom stereocenters. The summed E-state index contributed by atoms with van der Waals surface area (Å²) < 4.78 is 14.3. The molecule has 1 atom stereocenters. The largest absolute Gasteiger partial charge is 0.355 e. The second-order valence-corrected chi connectivity index (χ2v) is 6.45. The van der Waals surface area contributed by atoms with Crippen molar-refractivity contribution in [3.63, 3.8) is 0 Å². The first-order valence-electron chi connectivity index (χ1n) is 8.10. The van der Waals surface area contributed by atoms with Gasteiger partial charge in [0.1, 0.15) is 11.9 Å². The Morgan fingerprint density at radius 3 is 2.35 bits per heavy atom. The first-order chi connectivity index (χ1) is 12.3. The van der Waals surface area contributed by atoms with Gasteiger partial charge < -0.3 is 10.2 Å². The van der Waals surface area contributed by atoms with Crippen LogP contribution in [0.2, 0.25) is 0 Å². The van der Waals surface area contributed by atoms with Gasteiger partial charge in [0.05, 0.1) is 11.3 Å². The highest BCUT2D eigenvalue weighted by Gasteiger charge is 2.41. The van der Waals surface area contributed by atoms with E-state index in [0.29, 0.717) is 11.4 Å². The van der Waals surface area contributed by atoms with Gasteiger partial charge in [0.25, 0.3) is 11.8 Å². The molecule has 1 aliphatic heterocycles. The Morgan fingerprint density at radius 1 is 1.15 bits per heavy atom. The lowest BCUT2D eigenvalue weighted by Crippen LogP contribution is -2.33. The van der Waals surface area contributed by atoms with E-state index in [9.17, 15) is 14.0 Å². The van der Waals surface area contributed by atoms with Crippen molar-refractivity contribution in [1.29, 1.82) is 0 Å². The van der Waals surface area contributed by atoms with Gasteiger partial charge in [-0.3, -0.25) is 14.5 Å². The summed E-state index contributed by atoms with van der Waals surface area (Å²) in [5.74, 6) is -1.36. The molecule has 0 radical (unpaired) electrons. The number of nitrogens with one attached hydrogen (secondary N) is 1. The van der Waals surface area contributed by atoms with Crippen molar-refractivity contribution >= 4 is 40.5 Å². The third-order valence-corrected chi connectivity index (χ3v) is 4.74. The summed E-state index contributed by atoms with van der Waals surface area (Å²) >= 11 is 5.49. The van der Waals surface area contributed by atoms with E-state index in [0.717, 1.165) is 5.56 Å². The summed E-state index contributed by atoms with van der Waals surface area (Å²) in [4.78, 5) is 27.4. The van der Waals surface area contributed by atoms with Crippen LogP contribution in [-0.4, -0.2) is 30.0 Å². The zero-order valence-corrected chi connectivity index (χ0v) is 15.4. The Morgan fingerprint density at radius 2 is 1.77 bits per heavy atom. The van der Waals surface area contributed by atoms with Crippen LogP contribution in [0.5, 0.6) is 0 Å². The number of amides is 2. The van der Waals surface area contributed by atoms with Crippen LogP contribution in [-0.2, 0) is 4.79 Å². The summed E-state index contributed by atoms with van der Waals surface area (Å²) in [6, 6.07) is 11.1. The number of aryl methyl sites for hydroxylation is 1. The lowest BCUT2D eigenvalue weighted by Gasteiger charge is -2.22. The average molecular weight is 371 g/mol. The monoisotopic (exact) mass is 371 g/mol. The summed E-state index contributed by atoms with van der Waals surface area (Å²) in [7, 11) is 1.44. The molecule has 0 aliphatic carbocycles. The van der Waals surface area contributed by atoms with Gasteiger partial charge in [0.2, 0.25) is 0 Å². The molecule has 0 saturated carbocycles. The van der Waals surface area contributed by atoms with Gasteiger partial charge in [0, 0.05) is 12.7 Å². The number of rotatable bonds is 3. The molecule has 2 aromatic rings. The summed E-state index contributed by atoms with van der Waals surface area (Å²) in [6.45, 7) is 3.67. The summed E-state index contributed by atoms with van der Waals surface area (Å²) in [5.41, 5.74) is 2.11. The van der Waals surface area contributed by atoms with E-state index in [-0.39, 0.29) is 16.6 Å². The number of carbonyl (C=O) groups is 2. The van der Waals surface area contributed by atoms with Crippen LogP contribution in [0.1, 0.15) is 22.8 Å². The first kappa shape index (κ1) is 18.0. The molecule has 1 aliphatic rings. The maximum atomic E-state index is 14.3. The zero-order valence-electron chi connectivity index (χ0n) is 14.6. The molecule has 134 valence electrons. The fourth-order valence-electron chi connectivity index (χ4n) is 2.90. The fourth-order valence-corrected chi connectivity index (χ4v) is 3.36. The van der Waals surface area contributed by atoms with Crippen LogP contribution in [0.25, 0.3) is 0 Å². The van der Waals surface area contributed by atoms with E-state index in [1.807, 2.05) is 31.2 Å². The second kappa shape index (κ2) is 6.84. The van der Waals surface area contributed by atoms with Crippen molar-refractivity contribution in [2.24, 2.45) is 0 Å². The van der Waals surface area contributed by atoms with Crippen molar-refractivity contribution in [2.75, 3.05) is 16.8 Å². The van der Waals surface area contributed by atoms with Crippen molar-refractivity contribution in [3.8, 4) is 0 Å². The van der Waals surface area contributed by atoms with E-state index in [1.165, 1.54) is 24.1 Å². The SMILES string of the molecule is CNC(=O)c1ccc(N2C(=S)N(c3ccc(C)cc3)C(=O)C2C)cc1F. The Kier molecular flexibility index (Phi) is 4.73. The molecule has 5 nitrogen and oxygen atoms in total. The van der Waals surface area contributed by atoms with E-state index >= 15 is 0 Å². The number of thiocarbonyl (C=S) groups is 1. The van der Waals surface area contributed by atoms with Crippen LogP contribution in [0.3, 0.4) is 0 Å². The quantitative estimate of drug-likeness (QED) is 0.843. The van der Waals surface area contributed by atoms with Crippen LogP contribution >= 0.6 is 12.2 Å². The number of carbonyl (C=O) groups excluding carboxylic acids is 2. The maximum absolute atomic E-state index is 14.3. The third kappa shape index (κ3) is 2.94. The normalized spacial score (nSPS) is 17.0.